The summed E-state index contributed by atoms with van der Waals surface area (Å²) >= 11 is 0. The average molecular weight is 932 g/mol. The molecule has 3 N–H and O–H groups in total. The van der Waals surface area contributed by atoms with E-state index in [1.54, 1.807) is 36.1 Å². The van der Waals surface area contributed by atoms with Crippen LogP contribution in [0.3, 0.4) is 0 Å². The summed E-state index contributed by atoms with van der Waals surface area (Å²) in [6.45, 7) is 16.8. The van der Waals surface area contributed by atoms with Gasteiger partial charge in [0.1, 0.15) is 23.9 Å². The van der Waals surface area contributed by atoms with Crippen LogP contribution in [-0.2, 0) is 54.5 Å². The quantitative estimate of drug-likeness (QED) is 0.122. The van der Waals surface area contributed by atoms with E-state index in [4.69, 9.17) is 9.47 Å². The maximum atomic E-state index is 14.8. The van der Waals surface area contributed by atoms with Gasteiger partial charge < -0.3 is 39.2 Å². The van der Waals surface area contributed by atoms with Crippen LogP contribution >= 0.6 is 0 Å². The second-order valence-corrected chi connectivity index (χ2v) is 19.6. The highest BCUT2D eigenvalue weighted by Crippen LogP contribution is 2.41. The zero-order valence-corrected chi connectivity index (χ0v) is 40.8. The topological polar surface area (TPSA) is 166 Å². The highest BCUT2D eigenvalue weighted by molar-refractivity contribution is 5.96. The van der Waals surface area contributed by atoms with Crippen LogP contribution in [0, 0.1) is 11.3 Å². The number of likely N-dealkylation sites (N-methyl/N-ethyl adjacent to an activating group) is 1. The van der Waals surface area contributed by atoms with Gasteiger partial charge in [-0.3, -0.25) is 24.2 Å². The van der Waals surface area contributed by atoms with E-state index in [0.717, 1.165) is 45.3 Å². The highest BCUT2D eigenvalue weighted by atomic mass is 16.5. The maximum Gasteiger partial charge on any atom is 0.324 e. The molecule has 15 nitrogen and oxygen atoms in total. The number of benzene rings is 3. The van der Waals surface area contributed by atoms with Crippen LogP contribution in [0.25, 0.3) is 33.3 Å². The van der Waals surface area contributed by atoms with Crippen molar-refractivity contribution in [3.63, 3.8) is 0 Å². The molecule has 15 heteroatoms. The molecule has 3 atom stereocenters. The van der Waals surface area contributed by atoms with Crippen LogP contribution in [-0.4, -0.2) is 137 Å². The summed E-state index contributed by atoms with van der Waals surface area (Å²) in [6, 6.07) is 16.7. The predicted octanol–water partition coefficient (Wildman–Crippen LogP) is 6.33. The third-order valence-corrected chi connectivity index (χ3v) is 13.6. The van der Waals surface area contributed by atoms with Gasteiger partial charge >= 0.3 is 12.0 Å². The van der Waals surface area contributed by atoms with Gasteiger partial charge in [-0.05, 0) is 103 Å². The van der Waals surface area contributed by atoms with Gasteiger partial charge in [-0.2, -0.15) is 0 Å². The summed E-state index contributed by atoms with van der Waals surface area (Å²) < 4.78 is 14.0. The fraction of sp³-hybridized carbons (Fsp3) is 0.491. The van der Waals surface area contributed by atoms with E-state index in [0.29, 0.717) is 70.6 Å². The number of carbonyl (C=O) groups excluding carboxylic acids is 5. The van der Waals surface area contributed by atoms with Crippen molar-refractivity contribution in [1.29, 1.82) is 0 Å². The number of aromatic nitrogens is 1. The highest BCUT2D eigenvalue weighted by Gasteiger charge is 2.39. The Balaban J connectivity index is 1.28. The number of rotatable bonds is 10. The maximum absolute atomic E-state index is 14.8. The van der Waals surface area contributed by atoms with Gasteiger partial charge in [-0.1, -0.05) is 70.7 Å². The molecular weight excluding hydrogens is 863 g/mol. The van der Waals surface area contributed by atoms with Gasteiger partial charge in [-0.25, -0.2) is 10.2 Å². The molecule has 0 aliphatic carbocycles. The Morgan fingerprint density at radius 3 is 2.49 bits per heavy atom. The number of methoxy groups -OCH3 is 1. The van der Waals surface area contributed by atoms with Gasteiger partial charge in [0.2, 0.25) is 11.8 Å². The molecule has 0 saturated carbocycles. The molecule has 6 bridgehead atoms. The smallest absolute Gasteiger partial charge is 0.324 e. The largest absolute Gasteiger partial charge is 0.508 e. The summed E-state index contributed by atoms with van der Waals surface area (Å²) in [7, 11) is 3.29. The third kappa shape index (κ3) is 10.9. The van der Waals surface area contributed by atoms with Crippen molar-refractivity contribution in [2.24, 2.45) is 11.3 Å². The lowest BCUT2D eigenvalue weighted by atomic mass is 9.83. The van der Waals surface area contributed by atoms with Gasteiger partial charge in [-0.15, -0.1) is 0 Å². The molecule has 3 aromatic carbocycles. The number of nitrogens with one attached hydrogen (secondary N) is 2. The van der Waals surface area contributed by atoms with Crippen molar-refractivity contribution in [2.75, 3.05) is 60.1 Å². The minimum absolute atomic E-state index is 0.000120. The molecule has 5 amide bonds. The van der Waals surface area contributed by atoms with Crippen LogP contribution in [0.4, 0.5) is 4.79 Å². The normalized spacial score (nSPS) is 19.5. The number of aromatic hydroxyl groups is 1. The number of ether oxygens (including phenoxy) is 2. The van der Waals surface area contributed by atoms with E-state index in [1.807, 2.05) is 26.0 Å². The number of urea groups is 1. The fourth-order valence-corrected chi connectivity index (χ4v) is 10.2. The first-order valence-electron chi connectivity index (χ1n) is 24.1. The number of nitrogens with zero attached hydrogens (tertiary/aromatic N) is 5. The Bertz CT molecular complexity index is 2530. The summed E-state index contributed by atoms with van der Waals surface area (Å²) in [5.74, 6) is -2.01. The standard InChI is InChI=1S/C53H69N7O8/c1-9-46(62)57-21-14-22-58(25-24-57)52(66)56(7)47(34(3)4)49(63)54-44-29-35-27-38(30-39(61)28-35)37-18-19-45-41(31-37)42(48(59(45)10-2)40-16-12-11-15-36(40)20-26-67-8)32-53(5,6)33-68-51(65)43-17-13-23-60(55-43)50(44)64/h9,11-12,15-16,18-19,27-28,30-31,34,43-44,47,55,61H,1,10,13-14,17,20-26,29,32-33H2,2-8H3,(H,54,63)/t43-,44-,47?/m0/s1. The number of hydrogen-bond donors (Lipinski definition) is 3. The molecule has 0 radical (unpaired) electrons. The molecule has 4 heterocycles. The predicted molar refractivity (Wildman–Crippen MR) is 262 cm³/mol. The first-order valence-corrected chi connectivity index (χ1v) is 24.1. The van der Waals surface area contributed by atoms with E-state index in [2.05, 4.69) is 79.1 Å². The van der Waals surface area contributed by atoms with E-state index in [1.165, 1.54) is 21.5 Å². The first kappa shape index (κ1) is 49.7. The summed E-state index contributed by atoms with van der Waals surface area (Å²) in [5.41, 5.74) is 10.4. The Labute approximate surface area is 400 Å². The van der Waals surface area contributed by atoms with Crippen LogP contribution < -0.4 is 10.7 Å². The second-order valence-electron chi connectivity index (χ2n) is 19.6. The van der Waals surface area contributed by atoms with Gasteiger partial charge in [0.05, 0.1) is 18.9 Å². The van der Waals surface area contributed by atoms with Crippen molar-refractivity contribution < 1.29 is 38.6 Å². The molecule has 68 heavy (non-hydrogen) atoms. The lowest BCUT2D eigenvalue weighted by molar-refractivity contribution is -0.155. The Morgan fingerprint density at radius 2 is 1.75 bits per heavy atom. The number of hydrogen-bond acceptors (Lipinski definition) is 9. The molecule has 0 spiro atoms. The van der Waals surface area contributed by atoms with E-state index in [-0.39, 0.29) is 43.2 Å². The molecule has 4 aromatic rings. The van der Waals surface area contributed by atoms with Crippen molar-refractivity contribution in [3.8, 4) is 28.1 Å². The van der Waals surface area contributed by atoms with Crippen LogP contribution in [0.15, 0.2) is 73.3 Å². The van der Waals surface area contributed by atoms with E-state index in [9.17, 15) is 29.1 Å². The fourth-order valence-electron chi connectivity index (χ4n) is 10.2. The molecule has 1 unspecified atom stereocenters. The SMILES string of the molecule is C=CC(=O)N1CCCN(C(=O)N(C)C(C(=O)N[C@H]2Cc3cc(O)cc(c3)-c3ccc4c(c3)c(c(-c3ccccc3CCOC)n4CC)CC(C)(C)COC(=O)[C@@H]3CCCN(N3)C2=O)C(C)C)CC1. The lowest BCUT2D eigenvalue weighted by Crippen LogP contribution is -2.62. The molecule has 7 rings (SSSR count). The molecule has 3 aliphatic rings. The number of amides is 5. The third-order valence-electron chi connectivity index (χ3n) is 13.6. The van der Waals surface area contributed by atoms with Crippen LogP contribution in [0.5, 0.6) is 5.75 Å². The zero-order valence-electron chi connectivity index (χ0n) is 40.8. The summed E-state index contributed by atoms with van der Waals surface area (Å²) in [6.07, 6.45) is 4.11. The molecule has 3 aliphatic heterocycles. The van der Waals surface area contributed by atoms with Crippen LogP contribution in [0.2, 0.25) is 0 Å². The number of aryl methyl sites for hydroxylation is 1. The van der Waals surface area contributed by atoms with Gasteiger partial charge in [0.15, 0.2) is 0 Å². The molecule has 1 aromatic heterocycles. The monoisotopic (exact) mass is 932 g/mol. The Kier molecular flexibility index (Phi) is 15.6. The molecule has 364 valence electrons. The van der Waals surface area contributed by atoms with Gasteiger partial charge in [0, 0.05) is 81.7 Å². The number of phenolic OH excluding ortho intramolecular Hbond substituents is 1. The molecule has 2 saturated heterocycles. The number of carbonyl (C=O) groups is 5. The van der Waals surface area contributed by atoms with Crippen LogP contribution in [0.1, 0.15) is 70.6 Å². The molecular formula is C53H69N7O8. The average Bonchev–Trinajstić information content (AvgIpc) is 3.42. The number of fused-ring (bicyclic) bond motifs is 6. The van der Waals surface area contributed by atoms with Crippen molar-refractivity contribution >= 4 is 40.6 Å². The number of cyclic esters (lactones) is 1. The zero-order chi connectivity index (χ0) is 48.9. The Hall–Kier alpha value is -6.19. The molecule has 2 fully saturated rings. The summed E-state index contributed by atoms with van der Waals surface area (Å²) in [5, 5.41) is 16.8. The Morgan fingerprint density at radius 1 is 1.00 bits per heavy atom. The van der Waals surface area contributed by atoms with E-state index < -0.39 is 41.3 Å². The van der Waals surface area contributed by atoms with Crippen molar-refractivity contribution in [1.82, 2.24) is 35.0 Å². The minimum atomic E-state index is -1.16. The minimum Gasteiger partial charge on any atom is -0.508 e. The number of phenols is 1. The second kappa shape index (κ2) is 21.4. The van der Waals surface area contributed by atoms with Gasteiger partial charge in [0.25, 0.3) is 5.91 Å². The van der Waals surface area contributed by atoms with Crippen molar-refractivity contribution in [3.05, 3.63) is 90.0 Å². The summed E-state index contributed by atoms with van der Waals surface area (Å²) in [4.78, 5) is 74.5. The number of esters is 1. The van der Waals surface area contributed by atoms with Crippen molar-refractivity contribution in [2.45, 2.75) is 97.8 Å². The lowest BCUT2D eigenvalue weighted by Gasteiger charge is -2.37. The first-order chi connectivity index (χ1) is 32.5. The number of hydrazine groups is 1. The van der Waals surface area contributed by atoms with E-state index >= 15 is 0 Å².